The molecule has 3 aromatic rings. The second-order valence-electron chi connectivity index (χ2n) is 8.57. The number of nitrogens with zero attached hydrogens (tertiary/aromatic N) is 2. The number of rotatable bonds is 6. The second kappa shape index (κ2) is 9.96. The number of pyridine rings is 1. The van der Waals surface area contributed by atoms with Gasteiger partial charge in [0.2, 0.25) is 5.88 Å². The van der Waals surface area contributed by atoms with E-state index in [9.17, 15) is 4.79 Å². The molecule has 32 heavy (non-hydrogen) atoms. The van der Waals surface area contributed by atoms with E-state index in [-0.39, 0.29) is 11.4 Å². The normalized spacial score (nSPS) is 11.1. The third-order valence-corrected chi connectivity index (χ3v) is 5.48. The van der Waals surface area contributed by atoms with Gasteiger partial charge in [0, 0.05) is 31.0 Å². The summed E-state index contributed by atoms with van der Waals surface area (Å²) in [5.41, 5.74) is 3.21. The molecule has 0 radical (unpaired) electrons. The van der Waals surface area contributed by atoms with Crippen molar-refractivity contribution in [1.82, 2.24) is 4.98 Å². The standard InChI is InChI=1S/C25H30N4O2S/c1-25(2,3)19-9-7-8-10-21(19)31-23-20(15-16-22(28-23)32-6)27-24(30)26-17-11-13-18(14-12-17)29(4)5/h7-16H,1-6H3,(H2,26,27,30). The maximum absolute atomic E-state index is 12.7. The van der Waals surface area contributed by atoms with Gasteiger partial charge in [0.25, 0.3) is 0 Å². The number of para-hydroxylation sites is 1. The highest BCUT2D eigenvalue weighted by molar-refractivity contribution is 7.98. The van der Waals surface area contributed by atoms with Crippen LogP contribution in [0.5, 0.6) is 11.6 Å². The van der Waals surface area contributed by atoms with Gasteiger partial charge in [-0.15, -0.1) is 11.8 Å². The number of urea groups is 1. The lowest BCUT2D eigenvalue weighted by atomic mass is 9.86. The number of aromatic nitrogens is 1. The van der Waals surface area contributed by atoms with Gasteiger partial charge in [0.15, 0.2) is 0 Å². The summed E-state index contributed by atoms with van der Waals surface area (Å²) in [6, 6.07) is 18.8. The third-order valence-electron chi connectivity index (χ3n) is 4.84. The maximum atomic E-state index is 12.7. The van der Waals surface area contributed by atoms with E-state index in [1.807, 2.05) is 85.9 Å². The van der Waals surface area contributed by atoms with Crippen LogP contribution in [-0.2, 0) is 5.41 Å². The highest BCUT2D eigenvalue weighted by atomic mass is 32.2. The first-order valence-electron chi connectivity index (χ1n) is 10.3. The summed E-state index contributed by atoms with van der Waals surface area (Å²) < 4.78 is 6.23. The van der Waals surface area contributed by atoms with Crippen molar-refractivity contribution in [2.24, 2.45) is 0 Å². The molecule has 0 bridgehead atoms. The third kappa shape index (κ3) is 5.95. The molecule has 0 aliphatic rings. The fraction of sp³-hybridized carbons (Fsp3) is 0.280. The number of hydrogen-bond donors (Lipinski definition) is 2. The van der Waals surface area contributed by atoms with Crippen LogP contribution >= 0.6 is 11.8 Å². The minimum absolute atomic E-state index is 0.0998. The largest absolute Gasteiger partial charge is 0.437 e. The van der Waals surface area contributed by atoms with Crippen molar-refractivity contribution < 1.29 is 9.53 Å². The topological polar surface area (TPSA) is 66.5 Å². The summed E-state index contributed by atoms with van der Waals surface area (Å²) in [6.07, 6.45) is 1.95. The first-order valence-corrected chi connectivity index (χ1v) is 11.6. The van der Waals surface area contributed by atoms with E-state index in [0.29, 0.717) is 23.0 Å². The zero-order valence-corrected chi connectivity index (χ0v) is 20.2. The van der Waals surface area contributed by atoms with Gasteiger partial charge < -0.3 is 20.3 Å². The van der Waals surface area contributed by atoms with E-state index in [1.165, 1.54) is 11.8 Å². The summed E-state index contributed by atoms with van der Waals surface area (Å²) in [4.78, 5) is 19.3. The van der Waals surface area contributed by atoms with E-state index in [4.69, 9.17) is 4.74 Å². The lowest BCUT2D eigenvalue weighted by Crippen LogP contribution is -2.20. The van der Waals surface area contributed by atoms with Crippen molar-refractivity contribution in [2.75, 3.05) is 35.9 Å². The fourth-order valence-corrected chi connectivity index (χ4v) is 3.50. The van der Waals surface area contributed by atoms with Crippen molar-refractivity contribution in [2.45, 2.75) is 31.2 Å². The molecule has 3 rings (SSSR count). The van der Waals surface area contributed by atoms with E-state index >= 15 is 0 Å². The average molecular weight is 451 g/mol. The minimum Gasteiger partial charge on any atom is -0.437 e. The van der Waals surface area contributed by atoms with Crippen LogP contribution in [-0.4, -0.2) is 31.4 Å². The zero-order chi connectivity index (χ0) is 23.3. The van der Waals surface area contributed by atoms with Crippen LogP contribution in [0.25, 0.3) is 0 Å². The van der Waals surface area contributed by atoms with Crippen LogP contribution in [0.1, 0.15) is 26.3 Å². The number of benzene rings is 2. The summed E-state index contributed by atoms with van der Waals surface area (Å²) >= 11 is 1.51. The van der Waals surface area contributed by atoms with E-state index < -0.39 is 0 Å². The fourth-order valence-electron chi connectivity index (χ4n) is 3.12. The van der Waals surface area contributed by atoms with Gasteiger partial charge in [0.1, 0.15) is 11.4 Å². The van der Waals surface area contributed by atoms with Gasteiger partial charge in [-0.1, -0.05) is 39.0 Å². The predicted molar refractivity (Wildman–Crippen MR) is 135 cm³/mol. The predicted octanol–water partition coefficient (Wildman–Crippen LogP) is 6.60. The Bertz CT molecular complexity index is 1080. The molecule has 1 aromatic heterocycles. The van der Waals surface area contributed by atoms with E-state index in [0.717, 1.165) is 16.3 Å². The number of carbonyl (C=O) groups excluding carboxylic acids is 1. The lowest BCUT2D eigenvalue weighted by molar-refractivity contribution is 0.262. The SMILES string of the molecule is CSc1ccc(NC(=O)Nc2ccc(N(C)C)cc2)c(Oc2ccccc2C(C)(C)C)n1. The number of anilines is 3. The van der Waals surface area contributed by atoms with Crippen molar-refractivity contribution in [3.8, 4) is 11.6 Å². The van der Waals surface area contributed by atoms with Crippen LogP contribution < -0.4 is 20.3 Å². The summed E-state index contributed by atoms with van der Waals surface area (Å²) in [5.74, 6) is 1.07. The minimum atomic E-state index is -0.365. The van der Waals surface area contributed by atoms with Gasteiger partial charge in [-0.25, -0.2) is 9.78 Å². The first-order chi connectivity index (χ1) is 15.2. The molecule has 0 atom stereocenters. The zero-order valence-electron chi connectivity index (χ0n) is 19.4. The van der Waals surface area contributed by atoms with E-state index in [1.54, 1.807) is 0 Å². The molecule has 2 N–H and O–H groups in total. The Morgan fingerprint density at radius 2 is 1.66 bits per heavy atom. The summed E-state index contributed by atoms with van der Waals surface area (Å²) in [7, 11) is 3.94. The second-order valence-corrected chi connectivity index (χ2v) is 9.40. The van der Waals surface area contributed by atoms with Gasteiger partial charge in [-0.2, -0.15) is 0 Å². The number of amides is 2. The molecule has 0 saturated carbocycles. The first kappa shape index (κ1) is 23.5. The molecule has 0 unspecified atom stereocenters. The molecule has 168 valence electrons. The van der Waals surface area contributed by atoms with Crippen molar-refractivity contribution in [3.05, 3.63) is 66.2 Å². The molecule has 0 spiro atoms. The Kier molecular flexibility index (Phi) is 7.30. The van der Waals surface area contributed by atoms with Gasteiger partial charge in [0.05, 0.1) is 5.03 Å². The Hall–Kier alpha value is -3.19. The molecule has 2 aromatic carbocycles. The number of carbonyl (C=O) groups is 1. The van der Waals surface area contributed by atoms with Crippen molar-refractivity contribution in [3.63, 3.8) is 0 Å². The lowest BCUT2D eigenvalue weighted by Gasteiger charge is -2.23. The van der Waals surface area contributed by atoms with Gasteiger partial charge in [-0.05, 0) is 54.1 Å². The highest BCUT2D eigenvalue weighted by Gasteiger charge is 2.20. The average Bonchev–Trinajstić information content (AvgIpc) is 2.75. The van der Waals surface area contributed by atoms with Gasteiger partial charge >= 0.3 is 6.03 Å². The molecule has 0 aliphatic heterocycles. The Morgan fingerprint density at radius 1 is 0.969 bits per heavy atom. The molecule has 0 aliphatic carbocycles. The molecule has 1 heterocycles. The maximum Gasteiger partial charge on any atom is 0.323 e. The van der Waals surface area contributed by atoms with Crippen molar-refractivity contribution >= 4 is 34.9 Å². The van der Waals surface area contributed by atoms with Crippen LogP contribution in [0, 0.1) is 0 Å². The van der Waals surface area contributed by atoms with E-state index in [2.05, 4.69) is 36.4 Å². The monoisotopic (exact) mass is 450 g/mol. The summed E-state index contributed by atoms with van der Waals surface area (Å²) in [6.45, 7) is 6.40. The number of ether oxygens (including phenoxy) is 1. The van der Waals surface area contributed by atoms with Crippen LogP contribution in [0.3, 0.4) is 0 Å². The highest BCUT2D eigenvalue weighted by Crippen LogP contribution is 2.36. The molecular formula is C25H30N4O2S. The number of hydrogen-bond acceptors (Lipinski definition) is 5. The molecular weight excluding hydrogens is 420 g/mol. The smallest absolute Gasteiger partial charge is 0.323 e. The summed E-state index contributed by atoms with van der Waals surface area (Å²) in [5, 5.41) is 6.53. The number of nitrogens with one attached hydrogen (secondary N) is 2. The molecule has 7 heteroatoms. The molecule has 6 nitrogen and oxygen atoms in total. The van der Waals surface area contributed by atoms with Crippen LogP contribution in [0.4, 0.5) is 21.9 Å². The Morgan fingerprint density at radius 3 is 2.28 bits per heavy atom. The Balaban J connectivity index is 1.83. The molecule has 0 saturated heterocycles. The van der Waals surface area contributed by atoms with Crippen molar-refractivity contribution in [1.29, 1.82) is 0 Å². The Labute approximate surface area is 194 Å². The van der Waals surface area contributed by atoms with Gasteiger partial charge in [-0.3, -0.25) is 0 Å². The van der Waals surface area contributed by atoms with Crippen LogP contribution in [0.2, 0.25) is 0 Å². The quantitative estimate of drug-likeness (QED) is 0.414. The van der Waals surface area contributed by atoms with Crippen LogP contribution in [0.15, 0.2) is 65.7 Å². The number of thioether (sulfide) groups is 1. The molecule has 0 fully saturated rings. The molecule has 2 amide bonds.